The minimum atomic E-state index is 0.542. The molecule has 2 nitrogen and oxygen atoms in total. The lowest BCUT2D eigenvalue weighted by Gasteiger charge is -2.02. The summed E-state index contributed by atoms with van der Waals surface area (Å²) in [5, 5.41) is 0. The van der Waals surface area contributed by atoms with Crippen molar-refractivity contribution >= 4 is 27.0 Å². The summed E-state index contributed by atoms with van der Waals surface area (Å²) >= 11 is 3.58. The molecule has 0 amide bonds. The van der Waals surface area contributed by atoms with Crippen molar-refractivity contribution in [1.29, 1.82) is 0 Å². The van der Waals surface area contributed by atoms with E-state index in [4.69, 9.17) is 4.42 Å². The maximum absolute atomic E-state index is 5.99. The van der Waals surface area contributed by atoms with Crippen LogP contribution in [0.4, 0.5) is 0 Å². The highest BCUT2D eigenvalue weighted by Gasteiger charge is 2.23. The van der Waals surface area contributed by atoms with Gasteiger partial charge in [0.1, 0.15) is 5.52 Å². The van der Waals surface area contributed by atoms with Crippen molar-refractivity contribution in [3.8, 4) is 0 Å². The van der Waals surface area contributed by atoms with Crippen LogP contribution in [0.1, 0.15) is 48.6 Å². The molecule has 0 N–H and O–H groups in total. The summed E-state index contributed by atoms with van der Waals surface area (Å²) < 4.78 is 7.11. The fourth-order valence-electron chi connectivity index (χ4n) is 2.64. The van der Waals surface area contributed by atoms with Crippen LogP contribution in [0.15, 0.2) is 15.0 Å². The lowest BCUT2D eigenvalue weighted by molar-refractivity contribution is 0.473. The largest absolute Gasteiger partial charge is 0.440 e. The molecule has 3 heteroatoms. The first-order valence-corrected chi connectivity index (χ1v) is 7.02. The van der Waals surface area contributed by atoms with Crippen molar-refractivity contribution in [2.75, 3.05) is 0 Å². The third kappa shape index (κ3) is 1.81. The summed E-state index contributed by atoms with van der Waals surface area (Å²) in [5.74, 6) is 1.49. The van der Waals surface area contributed by atoms with Crippen molar-refractivity contribution in [2.24, 2.45) is 0 Å². The Hall–Kier alpha value is -0.830. The van der Waals surface area contributed by atoms with Gasteiger partial charge in [-0.05, 0) is 43.9 Å². The Morgan fingerprint density at radius 2 is 1.94 bits per heavy atom. The second-order valence-electron chi connectivity index (χ2n) is 4.99. The summed E-state index contributed by atoms with van der Waals surface area (Å²) in [5.41, 5.74) is 4.40. The molecule has 1 fully saturated rings. The molecule has 1 aromatic carbocycles. The van der Waals surface area contributed by atoms with E-state index in [9.17, 15) is 0 Å². The molecule has 1 aromatic heterocycles. The highest BCUT2D eigenvalue weighted by atomic mass is 79.9. The summed E-state index contributed by atoms with van der Waals surface area (Å²) in [6.45, 7) is 4.21. The minimum absolute atomic E-state index is 0.542. The van der Waals surface area contributed by atoms with E-state index in [1.54, 1.807) is 0 Å². The number of benzene rings is 1. The highest BCUT2D eigenvalue weighted by molar-refractivity contribution is 9.10. The fraction of sp³-hybridized carbons (Fsp3) is 0.500. The SMILES string of the molecule is Cc1c(Br)cc2nc(C3CCCC3)oc2c1C. The Labute approximate surface area is 110 Å². The van der Waals surface area contributed by atoms with Gasteiger partial charge < -0.3 is 4.42 Å². The molecule has 0 unspecified atom stereocenters. The number of oxazole rings is 1. The predicted octanol–water partition coefficient (Wildman–Crippen LogP) is 4.86. The van der Waals surface area contributed by atoms with E-state index in [1.165, 1.54) is 36.8 Å². The van der Waals surface area contributed by atoms with Gasteiger partial charge in [-0.1, -0.05) is 28.8 Å². The number of nitrogens with zero attached hydrogens (tertiary/aromatic N) is 1. The first kappa shape index (κ1) is 11.3. The highest BCUT2D eigenvalue weighted by Crippen LogP contribution is 2.37. The van der Waals surface area contributed by atoms with Gasteiger partial charge in [-0.25, -0.2) is 4.98 Å². The maximum atomic E-state index is 5.99. The Bertz CT molecular complexity index is 567. The summed E-state index contributed by atoms with van der Waals surface area (Å²) in [6, 6.07) is 2.07. The molecule has 0 radical (unpaired) electrons. The van der Waals surface area contributed by atoms with Gasteiger partial charge in [0.25, 0.3) is 0 Å². The Morgan fingerprint density at radius 3 is 2.65 bits per heavy atom. The second kappa shape index (κ2) is 4.13. The zero-order chi connectivity index (χ0) is 12.0. The number of aromatic nitrogens is 1. The van der Waals surface area contributed by atoms with Crippen LogP contribution in [-0.2, 0) is 0 Å². The number of fused-ring (bicyclic) bond motifs is 1. The van der Waals surface area contributed by atoms with Crippen molar-refractivity contribution in [1.82, 2.24) is 4.98 Å². The van der Waals surface area contributed by atoms with Crippen LogP contribution < -0.4 is 0 Å². The third-order valence-corrected chi connectivity index (χ3v) is 4.72. The average Bonchev–Trinajstić information content (AvgIpc) is 2.93. The molecule has 90 valence electrons. The van der Waals surface area contributed by atoms with Crippen LogP contribution in [-0.4, -0.2) is 4.98 Å². The lowest BCUT2D eigenvalue weighted by Crippen LogP contribution is -1.90. The van der Waals surface area contributed by atoms with Gasteiger partial charge in [0.15, 0.2) is 11.5 Å². The molecular weight excluding hydrogens is 278 g/mol. The van der Waals surface area contributed by atoms with E-state index in [1.807, 2.05) is 0 Å². The van der Waals surface area contributed by atoms with Crippen molar-refractivity contribution in [3.05, 3.63) is 27.6 Å². The van der Waals surface area contributed by atoms with E-state index < -0.39 is 0 Å². The van der Waals surface area contributed by atoms with Crippen LogP contribution in [0, 0.1) is 13.8 Å². The van der Waals surface area contributed by atoms with Gasteiger partial charge in [0.2, 0.25) is 0 Å². The van der Waals surface area contributed by atoms with E-state index >= 15 is 0 Å². The molecule has 17 heavy (non-hydrogen) atoms. The number of halogens is 1. The maximum Gasteiger partial charge on any atom is 0.198 e. The third-order valence-electron chi connectivity index (χ3n) is 3.90. The molecule has 0 bridgehead atoms. The lowest BCUT2D eigenvalue weighted by atomic mass is 10.1. The van der Waals surface area contributed by atoms with Gasteiger partial charge in [-0.2, -0.15) is 0 Å². The molecule has 1 saturated carbocycles. The molecular formula is C14H16BrNO. The topological polar surface area (TPSA) is 26.0 Å². The predicted molar refractivity (Wildman–Crippen MR) is 72.4 cm³/mol. The Morgan fingerprint density at radius 1 is 1.24 bits per heavy atom. The van der Waals surface area contributed by atoms with Crippen molar-refractivity contribution < 1.29 is 4.42 Å². The number of hydrogen-bond donors (Lipinski definition) is 0. The quantitative estimate of drug-likeness (QED) is 0.750. The zero-order valence-electron chi connectivity index (χ0n) is 10.2. The molecule has 1 heterocycles. The Kier molecular flexibility index (Phi) is 2.74. The van der Waals surface area contributed by atoms with E-state index in [0.29, 0.717) is 5.92 Å². The smallest absolute Gasteiger partial charge is 0.198 e. The Balaban J connectivity index is 2.15. The van der Waals surface area contributed by atoms with Gasteiger partial charge in [0.05, 0.1) is 0 Å². The molecule has 1 aliphatic rings. The molecule has 0 saturated heterocycles. The van der Waals surface area contributed by atoms with Crippen molar-refractivity contribution in [2.45, 2.75) is 45.4 Å². The van der Waals surface area contributed by atoms with Crippen LogP contribution in [0.2, 0.25) is 0 Å². The minimum Gasteiger partial charge on any atom is -0.440 e. The van der Waals surface area contributed by atoms with Gasteiger partial charge in [0, 0.05) is 10.4 Å². The van der Waals surface area contributed by atoms with Crippen molar-refractivity contribution in [3.63, 3.8) is 0 Å². The van der Waals surface area contributed by atoms with Gasteiger partial charge in [-0.3, -0.25) is 0 Å². The molecule has 1 aliphatic carbocycles. The van der Waals surface area contributed by atoms with Crippen LogP contribution in [0.3, 0.4) is 0 Å². The first-order chi connectivity index (χ1) is 8.16. The molecule has 2 aromatic rings. The number of rotatable bonds is 1. The average molecular weight is 294 g/mol. The number of hydrogen-bond acceptors (Lipinski definition) is 2. The van der Waals surface area contributed by atoms with Crippen LogP contribution in [0.5, 0.6) is 0 Å². The zero-order valence-corrected chi connectivity index (χ0v) is 11.8. The fourth-order valence-corrected chi connectivity index (χ4v) is 3.15. The summed E-state index contributed by atoms with van der Waals surface area (Å²) in [4.78, 5) is 4.66. The van der Waals surface area contributed by atoms with E-state index in [2.05, 4.69) is 40.8 Å². The normalized spacial score (nSPS) is 17.1. The van der Waals surface area contributed by atoms with Gasteiger partial charge in [-0.15, -0.1) is 0 Å². The first-order valence-electron chi connectivity index (χ1n) is 6.23. The van der Waals surface area contributed by atoms with Crippen LogP contribution >= 0.6 is 15.9 Å². The van der Waals surface area contributed by atoms with E-state index in [0.717, 1.165) is 21.5 Å². The standard InChI is InChI=1S/C14H16BrNO/c1-8-9(2)13-12(7-11(8)15)16-14(17-13)10-5-3-4-6-10/h7,10H,3-6H2,1-2H3. The van der Waals surface area contributed by atoms with Gasteiger partial charge >= 0.3 is 0 Å². The molecule has 3 rings (SSSR count). The molecule has 0 spiro atoms. The number of aryl methyl sites for hydroxylation is 1. The van der Waals surface area contributed by atoms with Crippen LogP contribution in [0.25, 0.3) is 11.1 Å². The molecule has 0 atom stereocenters. The summed E-state index contributed by atoms with van der Waals surface area (Å²) in [7, 11) is 0. The summed E-state index contributed by atoms with van der Waals surface area (Å²) in [6.07, 6.45) is 5.08. The van der Waals surface area contributed by atoms with E-state index in [-0.39, 0.29) is 0 Å². The molecule has 0 aliphatic heterocycles. The monoisotopic (exact) mass is 293 g/mol. The second-order valence-corrected chi connectivity index (χ2v) is 5.84.